The molecule has 5 nitrogen and oxygen atoms in total. The molecule has 0 aliphatic carbocycles. The van der Waals surface area contributed by atoms with E-state index in [1.807, 2.05) is 30.3 Å². The number of nitrogens with one attached hydrogen (secondary N) is 1. The maximum Gasteiger partial charge on any atom is 0.244 e. The molecule has 23 heavy (non-hydrogen) atoms. The zero-order chi connectivity index (χ0) is 16.7. The van der Waals surface area contributed by atoms with Crippen molar-refractivity contribution in [3.8, 4) is 5.75 Å². The fourth-order valence-corrected chi connectivity index (χ4v) is 2.28. The minimum Gasteiger partial charge on any atom is -0.497 e. The van der Waals surface area contributed by atoms with Crippen LogP contribution in [-0.4, -0.2) is 18.9 Å². The van der Waals surface area contributed by atoms with E-state index in [0.29, 0.717) is 12.0 Å². The Hall–Kier alpha value is -2.82. The van der Waals surface area contributed by atoms with Crippen molar-refractivity contribution in [2.45, 2.75) is 18.9 Å². The van der Waals surface area contributed by atoms with Gasteiger partial charge in [0.15, 0.2) is 0 Å². The highest BCUT2D eigenvalue weighted by molar-refractivity contribution is 5.87. The first-order chi connectivity index (χ1) is 11.1. The van der Waals surface area contributed by atoms with E-state index in [1.165, 1.54) is 0 Å². The summed E-state index contributed by atoms with van der Waals surface area (Å²) in [5, 5.41) is 2.69. The van der Waals surface area contributed by atoms with Crippen LogP contribution in [-0.2, 0) is 16.0 Å². The van der Waals surface area contributed by atoms with Crippen LogP contribution in [0.1, 0.15) is 23.6 Å². The summed E-state index contributed by atoms with van der Waals surface area (Å²) in [5.74, 6) is -0.0476. The Morgan fingerprint density at radius 2 is 1.87 bits per heavy atom. The zero-order valence-electron chi connectivity index (χ0n) is 13.0. The molecule has 2 aromatic carbocycles. The molecule has 0 bridgehead atoms. The van der Waals surface area contributed by atoms with E-state index in [0.717, 1.165) is 11.3 Å². The van der Waals surface area contributed by atoms with Crippen LogP contribution in [0.3, 0.4) is 0 Å². The molecule has 0 spiro atoms. The molecule has 0 fully saturated rings. The zero-order valence-corrected chi connectivity index (χ0v) is 13.0. The first-order valence-electron chi connectivity index (χ1n) is 7.36. The summed E-state index contributed by atoms with van der Waals surface area (Å²) in [6.07, 6.45) is 0.826. The molecule has 5 heteroatoms. The fraction of sp³-hybridized carbons (Fsp3) is 0.222. The van der Waals surface area contributed by atoms with Gasteiger partial charge in [0, 0.05) is 6.42 Å². The Bertz CT molecular complexity index is 671. The van der Waals surface area contributed by atoms with Gasteiger partial charge in [0.1, 0.15) is 11.8 Å². The van der Waals surface area contributed by atoms with Gasteiger partial charge in [-0.1, -0.05) is 42.5 Å². The lowest BCUT2D eigenvalue weighted by Gasteiger charge is -2.16. The molecule has 1 unspecified atom stereocenters. The number of nitrogens with two attached hydrogens (primary N) is 1. The molecule has 1 atom stereocenters. The normalized spacial score (nSPS) is 11.5. The van der Waals surface area contributed by atoms with E-state index < -0.39 is 11.9 Å². The molecule has 0 radical (unpaired) electrons. The molecule has 3 N–H and O–H groups in total. The molecular weight excluding hydrogens is 292 g/mol. The summed E-state index contributed by atoms with van der Waals surface area (Å²) in [4.78, 5) is 23.7. The van der Waals surface area contributed by atoms with Crippen LogP contribution in [0.25, 0.3) is 0 Å². The number of carbonyl (C=O) groups excluding carboxylic acids is 2. The minimum absolute atomic E-state index is 0.222. The number of carbonyl (C=O) groups is 2. The number of methoxy groups -OCH3 is 1. The molecule has 0 saturated heterocycles. The minimum atomic E-state index is -0.811. The van der Waals surface area contributed by atoms with Gasteiger partial charge < -0.3 is 15.8 Å². The van der Waals surface area contributed by atoms with Gasteiger partial charge in [-0.3, -0.25) is 9.59 Å². The van der Waals surface area contributed by atoms with Gasteiger partial charge in [-0.15, -0.1) is 0 Å². The average Bonchev–Trinajstić information content (AvgIpc) is 2.58. The number of aryl methyl sites for hydroxylation is 1. The van der Waals surface area contributed by atoms with Gasteiger partial charge in [0.25, 0.3) is 0 Å². The second-order valence-corrected chi connectivity index (χ2v) is 5.17. The number of rotatable bonds is 7. The molecular formula is C18H20N2O3. The third kappa shape index (κ3) is 4.85. The second-order valence-electron chi connectivity index (χ2n) is 5.17. The average molecular weight is 312 g/mol. The molecule has 0 aliphatic heterocycles. The highest BCUT2D eigenvalue weighted by atomic mass is 16.5. The van der Waals surface area contributed by atoms with Gasteiger partial charge in [0.05, 0.1) is 7.11 Å². The van der Waals surface area contributed by atoms with Crippen molar-refractivity contribution < 1.29 is 14.3 Å². The first-order valence-corrected chi connectivity index (χ1v) is 7.36. The van der Waals surface area contributed by atoms with Crippen molar-refractivity contribution in [1.82, 2.24) is 5.32 Å². The Labute approximate surface area is 135 Å². The monoisotopic (exact) mass is 312 g/mol. The number of benzene rings is 2. The van der Waals surface area contributed by atoms with Gasteiger partial charge in [-0.25, -0.2) is 0 Å². The van der Waals surface area contributed by atoms with Crippen molar-refractivity contribution in [3.63, 3.8) is 0 Å². The number of primary amides is 1. The molecule has 0 saturated carbocycles. The van der Waals surface area contributed by atoms with E-state index in [9.17, 15) is 9.59 Å². The van der Waals surface area contributed by atoms with Crippen LogP contribution in [0.15, 0.2) is 54.6 Å². The predicted octanol–water partition coefficient (Wildman–Crippen LogP) is 1.97. The molecule has 0 heterocycles. The number of amides is 2. The van der Waals surface area contributed by atoms with E-state index in [-0.39, 0.29) is 12.3 Å². The maximum absolute atomic E-state index is 12.1. The highest BCUT2D eigenvalue weighted by Gasteiger charge is 2.19. The third-order valence-electron chi connectivity index (χ3n) is 3.50. The summed E-state index contributed by atoms with van der Waals surface area (Å²) in [6, 6.07) is 15.7. The second kappa shape index (κ2) is 7.98. The summed E-state index contributed by atoms with van der Waals surface area (Å²) < 4.78 is 5.15. The van der Waals surface area contributed by atoms with Crippen LogP contribution in [0, 0.1) is 0 Å². The van der Waals surface area contributed by atoms with E-state index in [2.05, 4.69) is 5.32 Å². The largest absolute Gasteiger partial charge is 0.497 e. The molecule has 2 aromatic rings. The van der Waals surface area contributed by atoms with Crippen molar-refractivity contribution in [1.29, 1.82) is 0 Å². The first kappa shape index (κ1) is 16.5. The van der Waals surface area contributed by atoms with Crippen LogP contribution in [0.4, 0.5) is 0 Å². The van der Waals surface area contributed by atoms with E-state index in [1.54, 1.807) is 31.4 Å². The van der Waals surface area contributed by atoms with Crippen LogP contribution >= 0.6 is 0 Å². The van der Waals surface area contributed by atoms with Crippen LogP contribution < -0.4 is 15.8 Å². The van der Waals surface area contributed by atoms with Crippen LogP contribution in [0.2, 0.25) is 0 Å². The molecule has 2 amide bonds. The van der Waals surface area contributed by atoms with Crippen molar-refractivity contribution in [2.75, 3.05) is 7.11 Å². The quantitative estimate of drug-likeness (QED) is 0.820. The van der Waals surface area contributed by atoms with Gasteiger partial charge >= 0.3 is 0 Å². The fourth-order valence-electron chi connectivity index (χ4n) is 2.28. The number of ether oxygens (including phenoxy) is 1. The summed E-state index contributed by atoms with van der Waals surface area (Å²) in [6.45, 7) is 0. The number of hydrogen-bond donors (Lipinski definition) is 2. The van der Waals surface area contributed by atoms with Crippen molar-refractivity contribution in [2.24, 2.45) is 5.73 Å². The van der Waals surface area contributed by atoms with Gasteiger partial charge in [-0.05, 0) is 29.7 Å². The van der Waals surface area contributed by atoms with Gasteiger partial charge in [-0.2, -0.15) is 0 Å². The van der Waals surface area contributed by atoms with E-state index >= 15 is 0 Å². The Balaban J connectivity index is 1.96. The number of hydrogen-bond acceptors (Lipinski definition) is 3. The Morgan fingerprint density at radius 1 is 1.13 bits per heavy atom. The smallest absolute Gasteiger partial charge is 0.244 e. The van der Waals surface area contributed by atoms with Crippen molar-refractivity contribution >= 4 is 11.8 Å². The molecule has 2 rings (SSSR count). The SMILES string of the molecule is COc1cccc(CCC(=O)NC(C(N)=O)c2ccccc2)c1. The predicted molar refractivity (Wildman–Crippen MR) is 87.8 cm³/mol. The summed E-state index contributed by atoms with van der Waals surface area (Å²) in [5.41, 5.74) is 7.06. The highest BCUT2D eigenvalue weighted by Crippen LogP contribution is 2.15. The third-order valence-corrected chi connectivity index (χ3v) is 3.50. The molecule has 0 aliphatic rings. The lowest BCUT2D eigenvalue weighted by Crippen LogP contribution is -2.37. The summed E-state index contributed by atoms with van der Waals surface area (Å²) >= 11 is 0. The topological polar surface area (TPSA) is 81.4 Å². The summed E-state index contributed by atoms with van der Waals surface area (Å²) in [7, 11) is 1.60. The van der Waals surface area contributed by atoms with Crippen molar-refractivity contribution in [3.05, 3.63) is 65.7 Å². The molecule has 0 aromatic heterocycles. The lowest BCUT2D eigenvalue weighted by molar-refractivity contribution is -0.127. The Morgan fingerprint density at radius 3 is 2.52 bits per heavy atom. The molecule has 120 valence electrons. The van der Waals surface area contributed by atoms with E-state index in [4.69, 9.17) is 10.5 Å². The van der Waals surface area contributed by atoms with Gasteiger partial charge in [0.2, 0.25) is 11.8 Å². The standard InChI is InChI=1S/C18H20N2O3/c1-23-15-9-5-6-13(12-15)10-11-16(21)20-17(18(19)22)14-7-3-2-4-8-14/h2-9,12,17H,10-11H2,1H3,(H2,19,22)(H,20,21). The lowest BCUT2D eigenvalue weighted by atomic mass is 10.1. The van der Waals surface area contributed by atoms with Crippen LogP contribution in [0.5, 0.6) is 5.75 Å². The maximum atomic E-state index is 12.1. The Kier molecular flexibility index (Phi) is 5.74.